The van der Waals surface area contributed by atoms with Crippen molar-refractivity contribution in [3.8, 4) is 0 Å². The summed E-state index contributed by atoms with van der Waals surface area (Å²) in [6.45, 7) is 3.61. The van der Waals surface area contributed by atoms with E-state index >= 15 is 0 Å². The van der Waals surface area contributed by atoms with Gasteiger partial charge in [-0.15, -0.1) is 0 Å². The zero-order valence-electron chi connectivity index (χ0n) is 10.9. The smallest absolute Gasteiger partial charge is 0.130 e. The lowest BCUT2D eigenvalue weighted by Gasteiger charge is -2.37. The normalized spacial score (nSPS) is 23.0. The van der Waals surface area contributed by atoms with Crippen molar-refractivity contribution in [1.29, 1.82) is 0 Å². The van der Waals surface area contributed by atoms with Crippen LogP contribution in [0.3, 0.4) is 0 Å². The molecule has 1 aromatic carbocycles. The molecule has 0 bridgehead atoms. The summed E-state index contributed by atoms with van der Waals surface area (Å²) >= 11 is 0. The highest BCUT2D eigenvalue weighted by atomic mass is 19.1. The molecule has 0 aromatic heterocycles. The molecular formula is C14H20F2N2. The van der Waals surface area contributed by atoms with Crippen LogP contribution in [0.1, 0.15) is 31.4 Å². The van der Waals surface area contributed by atoms with Crippen LogP contribution in [-0.2, 0) is 0 Å². The maximum absolute atomic E-state index is 13.8. The lowest BCUT2D eigenvalue weighted by atomic mass is 10.00. The number of nitrogens with zero attached hydrogens (tertiary/aromatic N) is 1. The van der Waals surface area contributed by atoms with Crippen LogP contribution in [0.25, 0.3) is 0 Å². The van der Waals surface area contributed by atoms with Crippen LogP contribution in [0.15, 0.2) is 18.2 Å². The van der Waals surface area contributed by atoms with E-state index in [-0.39, 0.29) is 11.6 Å². The molecule has 2 rings (SSSR count). The van der Waals surface area contributed by atoms with Crippen LogP contribution in [0, 0.1) is 11.6 Å². The van der Waals surface area contributed by atoms with E-state index in [1.54, 1.807) is 0 Å². The molecule has 2 nitrogen and oxygen atoms in total. The Balaban J connectivity index is 2.17. The SMILES string of the molecule is CNC1CCCN(C(C)c2c(F)cccc2F)C1. The van der Waals surface area contributed by atoms with Crippen LogP contribution < -0.4 is 5.32 Å². The number of hydrogen-bond acceptors (Lipinski definition) is 2. The highest BCUT2D eigenvalue weighted by Gasteiger charge is 2.26. The third kappa shape index (κ3) is 2.70. The average molecular weight is 254 g/mol. The van der Waals surface area contributed by atoms with Crippen LogP contribution >= 0.6 is 0 Å². The summed E-state index contributed by atoms with van der Waals surface area (Å²) < 4.78 is 27.5. The zero-order valence-corrected chi connectivity index (χ0v) is 10.9. The minimum Gasteiger partial charge on any atom is -0.316 e. The lowest BCUT2D eigenvalue weighted by molar-refractivity contribution is 0.144. The van der Waals surface area contributed by atoms with Gasteiger partial charge >= 0.3 is 0 Å². The second-order valence-electron chi connectivity index (χ2n) is 4.93. The van der Waals surface area contributed by atoms with E-state index in [4.69, 9.17) is 0 Å². The minimum absolute atomic E-state index is 0.189. The standard InChI is InChI=1S/C14H20F2N2/c1-10(14-12(15)6-3-7-13(14)16)18-8-4-5-11(9-18)17-2/h3,6-7,10-11,17H,4-5,8-9H2,1-2H3. The van der Waals surface area contributed by atoms with Crippen molar-refractivity contribution in [1.82, 2.24) is 10.2 Å². The lowest BCUT2D eigenvalue weighted by Crippen LogP contribution is -2.45. The van der Waals surface area contributed by atoms with E-state index in [1.165, 1.54) is 18.2 Å². The van der Waals surface area contributed by atoms with Crippen molar-refractivity contribution in [2.45, 2.75) is 31.8 Å². The fraction of sp³-hybridized carbons (Fsp3) is 0.571. The molecule has 1 saturated heterocycles. The van der Waals surface area contributed by atoms with Crippen LogP contribution in [-0.4, -0.2) is 31.1 Å². The second-order valence-corrected chi connectivity index (χ2v) is 4.93. The highest BCUT2D eigenvalue weighted by molar-refractivity contribution is 5.23. The van der Waals surface area contributed by atoms with Gasteiger partial charge in [0.25, 0.3) is 0 Å². The Labute approximate surface area is 107 Å². The Hall–Kier alpha value is -1.00. The van der Waals surface area contributed by atoms with Crippen molar-refractivity contribution < 1.29 is 8.78 Å². The number of hydrogen-bond donors (Lipinski definition) is 1. The van der Waals surface area contributed by atoms with Gasteiger partial charge in [-0.1, -0.05) is 6.07 Å². The molecule has 2 unspecified atom stereocenters. The molecule has 2 atom stereocenters. The molecule has 1 aliphatic heterocycles. The van der Waals surface area contributed by atoms with E-state index in [9.17, 15) is 8.78 Å². The van der Waals surface area contributed by atoms with E-state index < -0.39 is 11.6 Å². The first kappa shape index (κ1) is 13.4. The number of piperidine rings is 1. The van der Waals surface area contributed by atoms with Gasteiger partial charge in [0, 0.05) is 24.2 Å². The molecule has 4 heteroatoms. The van der Waals surface area contributed by atoms with Gasteiger partial charge in [0.15, 0.2) is 0 Å². The van der Waals surface area contributed by atoms with Gasteiger partial charge in [0.2, 0.25) is 0 Å². The van der Waals surface area contributed by atoms with Crippen molar-refractivity contribution in [2.75, 3.05) is 20.1 Å². The fourth-order valence-corrected chi connectivity index (χ4v) is 2.69. The predicted octanol–water partition coefficient (Wildman–Crippen LogP) is 2.71. The molecule has 1 fully saturated rings. The molecule has 0 spiro atoms. The van der Waals surface area contributed by atoms with Gasteiger partial charge in [-0.05, 0) is 45.5 Å². The summed E-state index contributed by atoms with van der Waals surface area (Å²) in [7, 11) is 1.93. The summed E-state index contributed by atoms with van der Waals surface area (Å²) in [5, 5.41) is 3.24. The Morgan fingerprint density at radius 3 is 2.61 bits per heavy atom. The first-order valence-electron chi connectivity index (χ1n) is 6.48. The fourth-order valence-electron chi connectivity index (χ4n) is 2.69. The first-order chi connectivity index (χ1) is 8.63. The second kappa shape index (κ2) is 5.76. The molecule has 0 aliphatic carbocycles. The summed E-state index contributed by atoms with van der Waals surface area (Å²) in [6.07, 6.45) is 2.19. The van der Waals surface area contributed by atoms with E-state index in [2.05, 4.69) is 10.2 Å². The third-order valence-corrected chi connectivity index (χ3v) is 3.83. The van der Waals surface area contributed by atoms with Crippen LogP contribution in [0.2, 0.25) is 0 Å². The maximum atomic E-state index is 13.8. The van der Waals surface area contributed by atoms with Gasteiger partial charge < -0.3 is 5.32 Å². The van der Waals surface area contributed by atoms with Crippen molar-refractivity contribution >= 4 is 0 Å². The van der Waals surface area contributed by atoms with Crippen molar-refractivity contribution in [2.24, 2.45) is 0 Å². The molecule has 0 amide bonds. The number of rotatable bonds is 3. The molecule has 1 aromatic rings. The summed E-state index contributed by atoms with van der Waals surface area (Å²) in [6, 6.07) is 4.26. The van der Waals surface area contributed by atoms with Gasteiger partial charge in [-0.25, -0.2) is 8.78 Å². The summed E-state index contributed by atoms with van der Waals surface area (Å²) in [5.74, 6) is -0.900. The minimum atomic E-state index is -0.450. The Morgan fingerprint density at radius 2 is 2.00 bits per heavy atom. The molecule has 0 saturated carbocycles. The van der Waals surface area contributed by atoms with Gasteiger partial charge in [-0.2, -0.15) is 0 Å². The quantitative estimate of drug-likeness (QED) is 0.892. The molecular weight excluding hydrogens is 234 g/mol. The summed E-state index contributed by atoms with van der Waals surface area (Å²) in [5.41, 5.74) is 0.189. The number of nitrogens with one attached hydrogen (secondary N) is 1. The van der Waals surface area contributed by atoms with Crippen LogP contribution in [0.4, 0.5) is 8.78 Å². The number of likely N-dealkylation sites (N-methyl/N-ethyl adjacent to an activating group) is 1. The van der Waals surface area contributed by atoms with Crippen molar-refractivity contribution in [3.05, 3.63) is 35.4 Å². The van der Waals surface area contributed by atoms with Gasteiger partial charge in [0.05, 0.1) is 0 Å². The molecule has 1 aliphatic rings. The topological polar surface area (TPSA) is 15.3 Å². The summed E-state index contributed by atoms with van der Waals surface area (Å²) in [4.78, 5) is 2.14. The predicted molar refractivity (Wildman–Crippen MR) is 68.4 cm³/mol. The Kier molecular flexibility index (Phi) is 4.30. The molecule has 1 N–H and O–H groups in total. The number of halogens is 2. The third-order valence-electron chi connectivity index (χ3n) is 3.83. The van der Waals surface area contributed by atoms with E-state index in [1.807, 2.05) is 14.0 Å². The molecule has 18 heavy (non-hydrogen) atoms. The van der Waals surface area contributed by atoms with Gasteiger partial charge in [0.1, 0.15) is 11.6 Å². The molecule has 0 radical (unpaired) electrons. The van der Waals surface area contributed by atoms with Crippen LogP contribution in [0.5, 0.6) is 0 Å². The molecule has 100 valence electrons. The monoisotopic (exact) mass is 254 g/mol. The van der Waals surface area contributed by atoms with E-state index in [0.29, 0.717) is 6.04 Å². The first-order valence-corrected chi connectivity index (χ1v) is 6.48. The largest absolute Gasteiger partial charge is 0.316 e. The van der Waals surface area contributed by atoms with E-state index in [0.717, 1.165) is 25.9 Å². The Morgan fingerprint density at radius 1 is 1.33 bits per heavy atom. The molecule has 1 heterocycles. The zero-order chi connectivity index (χ0) is 13.1. The number of likely N-dealkylation sites (tertiary alicyclic amines) is 1. The van der Waals surface area contributed by atoms with Crippen molar-refractivity contribution in [3.63, 3.8) is 0 Å². The highest BCUT2D eigenvalue weighted by Crippen LogP contribution is 2.28. The number of benzene rings is 1. The maximum Gasteiger partial charge on any atom is 0.130 e. The average Bonchev–Trinajstić information content (AvgIpc) is 2.38. The van der Waals surface area contributed by atoms with Gasteiger partial charge in [-0.3, -0.25) is 4.90 Å². The Bertz CT molecular complexity index is 389.